The predicted octanol–water partition coefficient (Wildman–Crippen LogP) is 1.73. The van der Waals surface area contributed by atoms with Gasteiger partial charge in [0.25, 0.3) is 5.91 Å². The van der Waals surface area contributed by atoms with E-state index in [9.17, 15) is 9.90 Å². The minimum Gasteiger partial charge on any atom is -0.467 e. The third kappa shape index (κ3) is 2.87. The lowest BCUT2D eigenvalue weighted by Crippen LogP contribution is -2.28. The molecule has 3 aromatic heterocycles. The molecule has 0 saturated carbocycles. The van der Waals surface area contributed by atoms with E-state index in [2.05, 4.69) is 15.5 Å². The number of aromatic amines is 1. The average molecular weight is 287 g/mol. The van der Waals surface area contributed by atoms with Crippen molar-refractivity contribution in [1.82, 2.24) is 15.5 Å². The van der Waals surface area contributed by atoms with Crippen LogP contribution in [0.1, 0.15) is 22.4 Å². The van der Waals surface area contributed by atoms with Crippen molar-refractivity contribution in [3.05, 3.63) is 54.3 Å². The number of aromatic nitrogens is 2. The molecular formula is C14H13N3O4. The van der Waals surface area contributed by atoms with Crippen molar-refractivity contribution in [3.8, 4) is 11.5 Å². The van der Waals surface area contributed by atoms with Crippen LogP contribution >= 0.6 is 0 Å². The van der Waals surface area contributed by atoms with Crippen LogP contribution in [-0.4, -0.2) is 27.8 Å². The van der Waals surface area contributed by atoms with Gasteiger partial charge in [-0.3, -0.25) is 9.89 Å². The summed E-state index contributed by atoms with van der Waals surface area (Å²) >= 11 is 0. The van der Waals surface area contributed by atoms with Gasteiger partial charge in [0.15, 0.2) is 11.5 Å². The number of nitrogens with zero attached hydrogens (tertiary/aromatic N) is 1. The Morgan fingerprint density at radius 2 is 2.14 bits per heavy atom. The summed E-state index contributed by atoms with van der Waals surface area (Å²) in [6.45, 7) is 0.0370. The van der Waals surface area contributed by atoms with Gasteiger partial charge in [0.05, 0.1) is 19.1 Å². The van der Waals surface area contributed by atoms with Crippen LogP contribution in [0.3, 0.4) is 0 Å². The lowest BCUT2D eigenvalue weighted by molar-refractivity contribution is 0.0896. The SMILES string of the molecule is O=C(NCC(O)c1ccco1)c1cc(-c2ccco2)[nH]n1. The molecule has 0 spiro atoms. The van der Waals surface area contributed by atoms with Gasteiger partial charge in [0, 0.05) is 6.07 Å². The molecular weight excluding hydrogens is 274 g/mol. The van der Waals surface area contributed by atoms with Crippen molar-refractivity contribution in [2.45, 2.75) is 6.10 Å². The Morgan fingerprint density at radius 3 is 2.86 bits per heavy atom. The molecule has 21 heavy (non-hydrogen) atoms. The van der Waals surface area contributed by atoms with Crippen LogP contribution in [0.15, 0.2) is 51.7 Å². The number of carbonyl (C=O) groups excluding carboxylic acids is 1. The monoisotopic (exact) mass is 287 g/mol. The zero-order chi connectivity index (χ0) is 14.7. The number of H-pyrrole nitrogens is 1. The van der Waals surface area contributed by atoms with Crippen molar-refractivity contribution in [2.75, 3.05) is 6.54 Å². The van der Waals surface area contributed by atoms with Crippen LogP contribution in [0.4, 0.5) is 0 Å². The van der Waals surface area contributed by atoms with E-state index in [1.165, 1.54) is 12.5 Å². The number of furan rings is 2. The Balaban J connectivity index is 1.61. The third-order valence-corrected chi connectivity index (χ3v) is 2.92. The number of aliphatic hydroxyl groups is 1. The summed E-state index contributed by atoms with van der Waals surface area (Å²) in [5.74, 6) is 0.598. The van der Waals surface area contributed by atoms with E-state index in [1.807, 2.05) is 0 Å². The van der Waals surface area contributed by atoms with Gasteiger partial charge >= 0.3 is 0 Å². The summed E-state index contributed by atoms with van der Waals surface area (Å²) in [6, 6.07) is 8.39. The van der Waals surface area contributed by atoms with Crippen molar-refractivity contribution in [1.29, 1.82) is 0 Å². The molecule has 7 heteroatoms. The van der Waals surface area contributed by atoms with Crippen molar-refractivity contribution >= 4 is 5.91 Å². The van der Waals surface area contributed by atoms with Gasteiger partial charge in [-0.15, -0.1) is 0 Å². The zero-order valence-corrected chi connectivity index (χ0v) is 10.9. The molecule has 3 rings (SSSR count). The Morgan fingerprint density at radius 1 is 1.33 bits per heavy atom. The normalized spacial score (nSPS) is 12.2. The molecule has 108 valence electrons. The highest BCUT2D eigenvalue weighted by atomic mass is 16.4. The summed E-state index contributed by atoms with van der Waals surface area (Å²) in [7, 11) is 0. The highest BCUT2D eigenvalue weighted by Crippen LogP contribution is 2.18. The van der Waals surface area contributed by atoms with Crippen LogP contribution in [0.5, 0.6) is 0 Å². The number of hydrogen-bond acceptors (Lipinski definition) is 5. The van der Waals surface area contributed by atoms with Gasteiger partial charge in [-0.25, -0.2) is 0 Å². The molecule has 1 unspecified atom stereocenters. The molecule has 0 bridgehead atoms. The highest BCUT2D eigenvalue weighted by molar-refractivity contribution is 5.93. The van der Waals surface area contributed by atoms with Gasteiger partial charge in [-0.1, -0.05) is 0 Å². The summed E-state index contributed by atoms with van der Waals surface area (Å²) in [4.78, 5) is 11.9. The van der Waals surface area contributed by atoms with E-state index in [0.29, 0.717) is 17.2 Å². The number of hydrogen-bond donors (Lipinski definition) is 3. The van der Waals surface area contributed by atoms with Crippen LogP contribution < -0.4 is 5.32 Å². The zero-order valence-electron chi connectivity index (χ0n) is 10.9. The van der Waals surface area contributed by atoms with E-state index in [4.69, 9.17) is 8.83 Å². The minimum atomic E-state index is -0.896. The molecule has 0 aliphatic heterocycles. The van der Waals surface area contributed by atoms with Crippen molar-refractivity contribution in [2.24, 2.45) is 0 Å². The molecule has 3 aromatic rings. The van der Waals surface area contributed by atoms with E-state index < -0.39 is 12.0 Å². The quantitative estimate of drug-likeness (QED) is 0.663. The first-order valence-electron chi connectivity index (χ1n) is 6.33. The minimum absolute atomic E-state index is 0.0370. The molecule has 0 saturated heterocycles. The average Bonchev–Trinajstić information content (AvgIpc) is 3.25. The second-order valence-electron chi connectivity index (χ2n) is 4.39. The molecule has 1 atom stereocenters. The topological polar surface area (TPSA) is 104 Å². The third-order valence-electron chi connectivity index (χ3n) is 2.92. The molecule has 0 aliphatic carbocycles. The molecule has 3 N–H and O–H groups in total. The Kier molecular flexibility index (Phi) is 3.57. The molecule has 0 aliphatic rings. The first kappa shape index (κ1) is 13.2. The van der Waals surface area contributed by atoms with E-state index in [-0.39, 0.29) is 12.2 Å². The molecule has 3 heterocycles. The number of aliphatic hydroxyl groups excluding tert-OH is 1. The predicted molar refractivity (Wildman–Crippen MR) is 72.3 cm³/mol. The lowest BCUT2D eigenvalue weighted by Gasteiger charge is -2.08. The second kappa shape index (κ2) is 5.68. The largest absolute Gasteiger partial charge is 0.467 e. The fraction of sp³-hybridized carbons (Fsp3) is 0.143. The van der Waals surface area contributed by atoms with E-state index in [0.717, 1.165) is 0 Å². The van der Waals surface area contributed by atoms with Crippen LogP contribution in [0.2, 0.25) is 0 Å². The molecule has 1 amide bonds. The van der Waals surface area contributed by atoms with Crippen molar-refractivity contribution < 1.29 is 18.7 Å². The van der Waals surface area contributed by atoms with Gasteiger partial charge in [-0.05, 0) is 24.3 Å². The molecule has 0 radical (unpaired) electrons. The van der Waals surface area contributed by atoms with E-state index >= 15 is 0 Å². The Labute approximate surface area is 119 Å². The maximum absolute atomic E-state index is 11.9. The van der Waals surface area contributed by atoms with Gasteiger partial charge in [0.2, 0.25) is 0 Å². The Hall–Kier alpha value is -2.80. The number of carbonyl (C=O) groups is 1. The number of nitrogens with one attached hydrogen (secondary N) is 2. The maximum Gasteiger partial charge on any atom is 0.271 e. The van der Waals surface area contributed by atoms with Gasteiger partial charge in [-0.2, -0.15) is 5.10 Å². The number of rotatable bonds is 5. The maximum atomic E-state index is 11.9. The van der Waals surface area contributed by atoms with Crippen molar-refractivity contribution in [3.63, 3.8) is 0 Å². The molecule has 7 nitrogen and oxygen atoms in total. The first-order chi connectivity index (χ1) is 10.2. The van der Waals surface area contributed by atoms with Gasteiger partial charge < -0.3 is 19.3 Å². The van der Waals surface area contributed by atoms with Gasteiger partial charge in [0.1, 0.15) is 17.6 Å². The first-order valence-corrected chi connectivity index (χ1v) is 6.33. The highest BCUT2D eigenvalue weighted by Gasteiger charge is 2.15. The fourth-order valence-electron chi connectivity index (χ4n) is 1.86. The molecule has 0 fully saturated rings. The van der Waals surface area contributed by atoms with E-state index in [1.54, 1.807) is 30.3 Å². The lowest BCUT2D eigenvalue weighted by atomic mass is 10.2. The van der Waals surface area contributed by atoms with Crippen LogP contribution in [0, 0.1) is 0 Å². The standard InChI is InChI=1S/C14H13N3O4/c18-11(13-4-2-6-21-13)8-15-14(19)10-7-9(16-17-10)12-3-1-5-20-12/h1-7,11,18H,8H2,(H,15,19)(H,16,17). The number of amides is 1. The fourth-order valence-corrected chi connectivity index (χ4v) is 1.86. The Bertz CT molecular complexity index is 701. The van der Waals surface area contributed by atoms with Crippen LogP contribution in [0.25, 0.3) is 11.5 Å². The summed E-state index contributed by atoms with van der Waals surface area (Å²) in [6.07, 6.45) is 2.10. The molecule has 0 aromatic carbocycles. The second-order valence-corrected chi connectivity index (χ2v) is 4.39. The summed E-state index contributed by atoms with van der Waals surface area (Å²) in [5.41, 5.74) is 0.824. The summed E-state index contributed by atoms with van der Waals surface area (Å²) in [5, 5.41) is 19.0. The smallest absolute Gasteiger partial charge is 0.271 e. The summed E-state index contributed by atoms with van der Waals surface area (Å²) < 4.78 is 10.3. The van der Waals surface area contributed by atoms with Crippen LogP contribution in [-0.2, 0) is 0 Å².